The number of rotatable bonds is 5. The van der Waals surface area contributed by atoms with Gasteiger partial charge < -0.3 is 0 Å². The van der Waals surface area contributed by atoms with Crippen molar-refractivity contribution in [2.45, 2.75) is 31.6 Å². The molecule has 2 nitrogen and oxygen atoms in total. The van der Waals surface area contributed by atoms with Gasteiger partial charge in [0.25, 0.3) is 0 Å². The van der Waals surface area contributed by atoms with Crippen molar-refractivity contribution in [2.75, 3.05) is 0 Å². The van der Waals surface area contributed by atoms with Gasteiger partial charge in [0.2, 0.25) is 0 Å². The zero-order valence-electron chi connectivity index (χ0n) is 10.9. The summed E-state index contributed by atoms with van der Waals surface area (Å²) < 4.78 is 1.96. The molecule has 2 rings (SSSR count). The van der Waals surface area contributed by atoms with Crippen LogP contribution in [0, 0.1) is 6.92 Å². The molecule has 2 aromatic rings. The third-order valence-electron chi connectivity index (χ3n) is 3.15. The van der Waals surface area contributed by atoms with E-state index in [1.54, 1.807) is 0 Å². The number of aryl methyl sites for hydroxylation is 3. The van der Waals surface area contributed by atoms with Crippen LogP contribution in [0.4, 0.5) is 0 Å². The molecule has 0 amide bonds. The molecule has 1 aromatic carbocycles. The molecule has 0 aliphatic rings. The van der Waals surface area contributed by atoms with Crippen LogP contribution in [0.5, 0.6) is 0 Å². The Balaban J connectivity index is 1.84. The molecule has 3 heteroatoms. The van der Waals surface area contributed by atoms with E-state index in [4.69, 9.17) is 11.6 Å². The molecular formula is C15H19ClN2. The fourth-order valence-corrected chi connectivity index (χ4v) is 2.49. The Kier molecular flexibility index (Phi) is 4.43. The van der Waals surface area contributed by atoms with Crippen molar-refractivity contribution in [3.8, 4) is 0 Å². The van der Waals surface area contributed by atoms with Crippen LogP contribution >= 0.6 is 11.6 Å². The van der Waals surface area contributed by atoms with Crippen LogP contribution < -0.4 is 0 Å². The maximum Gasteiger partial charge on any atom is 0.0596 e. The minimum Gasteiger partial charge on any atom is -0.272 e. The lowest BCUT2D eigenvalue weighted by Gasteiger charge is -2.09. The van der Waals surface area contributed by atoms with E-state index in [-0.39, 0.29) is 5.38 Å². The average Bonchev–Trinajstić information content (AvgIpc) is 2.69. The molecule has 96 valence electrons. The van der Waals surface area contributed by atoms with Crippen LogP contribution in [0.25, 0.3) is 0 Å². The predicted molar refractivity (Wildman–Crippen MR) is 75.9 cm³/mol. The molecule has 1 unspecified atom stereocenters. The molecule has 1 aromatic heterocycles. The van der Waals surface area contributed by atoms with E-state index < -0.39 is 0 Å². The van der Waals surface area contributed by atoms with Gasteiger partial charge >= 0.3 is 0 Å². The Morgan fingerprint density at radius 2 is 2.00 bits per heavy atom. The Morgan fingerprint density at radius 3 is 2.61 bits per heavy atom. The van der Waals surface area contributed by atoms with Gasteiger partial charge in [0.1, 0.15) is 0 Å². The second-order valence-corrected chi connectivity index (χ2v) is 5.20. The predicted octanol–water partition coefficient (Wildman–Crippen LogP) is 4.03. The topological polar surface area (TPSA) is 17.8 Å². The van der Waals surface area contributed by atoms with Crippen molar-refractivity contribution in [2.24, 2.45) is 7.05 Å². The second kappa shape index (κ2) is 6.05. The Hall–Kier alpha value is -1.28. The zero-order valence-corrected chi connectivity index (χ0v) is 11.7. The highest BCUT2D eigenvalue weighted by Crippen LogP contribution is 2.25. The number of hydrogen-bond acceptors (Lipinski definition) is 1. The van der Waals surface area contributed by atoms with Gasteiger partial charge in [-0.25, -0.2) is 0 Å². The molecule has 18 heavy (non-hydrogen) atoms. The number of benzene rings is 1. The van der Waals surface area contributed by atoms with Crippen LogP contribution in [0.1, 0.15) is 35.2 Å². The van der Waals surface area contributed by atoms with E-state index in [1.165, 1.54) is 11.3 Å². The molecule has 0 spiro atoms. The highest BCUT2D eigenvalue weighted by Gasteiger charge is 2.08. The first kappa shape index (κ1) is 13.2. The minimum atomic E-state index is 0.112. The van der Waals surface area contributed by atoms with Crippen molar-refractivity contribution in [1.82, 2.24) is 9.78 Å². The van der Waals surface area contributed by atoms with Gasteiger partial charge in [0, 0.05) is 12.7 Å². The molecule has 0 radical (unpaired) electrons. The van der Waals surface area contributed by atoms with Crippen LogP contribution in [-0.4, -0.2) is 9.78 Å². The molecule has 1 heterocycles. The fourth-order valence-electron chi connectivity index (χ4n) is 2.19. The van der Waals surface area contributed by atoms with Crippen molar-refractivity contribution < 1.29 is 0 Å². The van der Waals surface area contributed by atoms with Crippen molar-refractivity contribution in [3.05, 3.63) is 53.3 Å². The Morgan fingerprint density at radius 1 is 1.28 bits per heavy atom. The first-order valence-corrected chi connectivity index (χ1v) is 6.79. The zero-order chi connectivity index (χ0) is 13.0. The summed E-state index contributed by atoms with van der Waals surface area (Å²) in [5.74, 6) is 0. The van der Waals surface area contributed by atoms with Gasteiger partial charge in [0.05, 0.1) is 11.1 Å². The first-order valence-electron chi connectivity index (χ1n) is 6.35. The number of nitrogens with zero attached hydrogens (tertiary/aromatic N) is 2. The second-order valence-electron chi connectivity index (χ2n) is 4.67. The molecule has 0 saturated carbocycles. The number of aromatic nitrogens is 2. The normalized spacial score (nSPS) is 12.6. The summed E-state index contributed by atoms with van der Waals surface area (Å²) in [4.78, 5) is 0. The lowest BCUT2D eigenvalue weighted by molar-refractivity contribution is 0.650. The van der Waals surface area contributed by atoms with Gasteiger partial charge in [-0.2, -0.15) is 5.10 Å². The highest BCUT2D eigenvalue weighted by molar-refractivity contribution is 6.20. The first-order chi connectivity index (χ1) is 8.66. The van der Waals surface area contributed by atoms with E-state index in [9.17, 15) is 0 Å². The molecule has 0 saturated heterocycles. The summed E-state index contributed by atoms with van der Waals surface area (Å²) >= 11 is 6.40. The molecule has 0 bridgehead atoms. The Bertz CT molecular complexity index is 490. The maximum atomic E-state index is 6.40. The number of halogens is 1. The van der Waals surface area contributed by atoms with Crippen molar-refractivity contribution in [3.63, 3.8) is 0 Å². The summed E-state index contributed by atoms with van der Waals surface area (Å²) in [6, 6.07) is 12.4. The smallest absolute Gasteiger partial charge is 0.0596 e. The van der Waals surface area contributed by atoms with E-state index in [0.29, 0.717) is 0 Å². The Labute approximate surface area is 114 Å². The van der Waals surface area contributed by atoms with E-state index >= 15 is 0 Å². The van der Waals surface area contributed by atoms with Crippen LogP contribution in [0.15, 0.2) is 36.4 Å². The maximum absolute atomic E-state index is 6.40. The number of alkyl halides is 1. The van der Waals surface area contributed by atoms with Gasteiger partial charge in [-0.1, -0.05) is 30.3 Å². The molecular weight excluding hydrogens is 244 g/mol. The average molecular weight is 263 g/mol. The van der Waals surface area contributed by atoms with Gasteiger partial charge in [0.15, 0.2) is 0 Å². The summed E-state index contributed by atoms with van der Waals surface area (Å²) in [5, 5.41) is 4.46. The van der Waals surface area contributed by atoms with Crippen molar-refractivity contribution in [1.29, 1.82) is 0 Å². The van der Waals surface area contributed by atoms with Gasteiger partial charge in [-0.05, 0) is 37.8 Å². The lowest BCUT2D eigenvalue weighted by atomic mass is 10.1. The third kappa shape index (κ3) is 3.36. The summed E-state index contributed by atoms with van der Waals surface area (Å²) in [7, 11) is 2.00. The minimum absolute atomic E-state index is 0.112. The highest BCUT2D eigenvalue weighted by atomic mass is 35.5. The SMILES string of the molecule is Cc1cc(CCCC(Cl)c2ccccc2)n(C)n1. The standard InChI is InChI=1S/C15H19ClN2/c1-12-11-14(18(2)17-12)9-6-10-15(16)13-7-4-3-5-8-13/h3-5,7-8,11,15H,6,9-10H2,1-2H3. The quantitative estimate of drug-likeness (QED) is 0.744. The van der Waals surface area contributed by atoms with E-state index in [0.717, 1.165) is 25.0 Å². The third-order valence-corrected chi connectivity index (χ3v) is 3.62. The molecule has 0 aliphatic heterocycles. The van der Waals surface area contributed by atoms with E-state index in [1.807, 2.05) is 36.9 Å². The summed E-state index contributed by atoms with van der Waals surface area (Å²) in [6.45, 7) is 2.03. The fraction of sp³-hybridized carbons (Fsp3) is 0.400. The van der Waals surface area contributed by atoms with Crippen LogP contribution in [0.2, 0.25) is 0 Å². The lowest BCUT2D eigenvalue weighted by Crippen LogP contribution is -1.99. The molecule has 0 aliphatic carbocycles. The van der Waals surface area contributed by atoms with Crippen LogP contribution in [0.3, 0.4) is 0 Å². The molecule has 1 atom stereocenters. The monoisotopic (exact) mass is 262 g/mol. The summed E-state index contributed by atoms with van der Waals surface area (Å²) in [6.07, 6.45) is 3.12. The van der Waals surface area contributed by atoms with Gasteiger partial charge in [-0.3, -0.25) is 4.68 Å². The van der Waals surface area contributed by atoms with Gasteiger partial charge in [-0.15, -0.1) is 11.6 Å². The largest absolute Gasteiger partial charge is 0.272 e. The van der Waals surface area contributed by atoms with E-state index in [2.05, 4.69) is 23.3 Å². The number of hydrogen-bond donors (Lipinski definition) is 0. The summed E-state index contributed by atoms with van der Waals surface area (Å²) in [5.41, 5.74) is 3.57. The van der Waals surface area contributed by atoms with Crippen LogP contribution in [-0.2, 0) is 13.5 Å². The van der Waals surface area contributed by atoms with Crippen molar-refractivity contribution >= 4 is 11.6 Å². The molecule has 0 N–H and O–H groups in total. The molecule has 0 fully saturated rings.